The number of hydrogen-bond acceptors (Lipinski definition) is 5. The third-order valence-corrected chi connectivity index (χ3v) is 3.39. The monoisotopic (exact) mass is 315 g/mol. The van der Waals surface area contributed by atoms with Crippen molar-refractivity contribution in [1.29, 1.82) is 0 Å². The topological polar surface area (TPSA) is 107 Å². The number of nitro groups is 1. The lowest BCUT2D eigenvalue weighted by atomic mass is 10.1. The van der Waals surface area contributed by atoms with E-state index in [0.29, 0.717) is 0 Å². The fourth-order valence-corrected chi connectivity index (χ4v) is 2.14. The minimum atomic E-state index is -0.617. The van der Waals surface area contributed by atoms with Crippen LogP contribution in [0.3, 0.4) is 0 Å². The molecule has 0 aliphatic rings. The van der Waals surface area contributed by atoms with Gasteiger partial charge in [-0.2, -0.15) is 0 Å². The van der Waals surface area contributed by atoms with E-state index < -0.39 is 10.8 Å². The highest BCUT2D eigenvalue weighted by Crippen LogP contribution is 2.22. The number of methoxy groups -OCH3 is 1. The Bertz CT molecular complexity index is 704. The smallest absolute Gasteiger partial charge is 0.292 e. The van der Waals surface area contributed by atoms with E-state index in [4.69, 9.17) is 10.5 Å². The number of carbonyl (C=O) groups is 1. The number of nitrogen functional groups attached to an aromatic ring is 1. The molecular formula is C16H17N3O4. The summed E-state index contributed by atoms with van der Waals surface area (Å²) in [5.41, 5.74) is 6.35. The van der Waals surface area contributed by atoms with Crippen molar-refractivity contribution in [3.8, 4) is 0 Å². The second-order valence-electron chi connectivity index (χ2n) is 4.88. The minimum Gasteiger partial charge on any atom is -0.393 e. The highest BCUT2D eigenvalue weighted by atomic mass is 16.6. The molecule has 3 N–H and O–H groups in total. The maximum Gasteiger partial charge on any atom is 0.292 e. The first-order chi connectivity index (χ1) is 11.0. The van der Waals surface area contributed by atoms with Crippen LogP contribution >= 0.6 is 0 Å². The Morgan fingerprint density at radius 2 is 2.00 bits per heavy atom. The van der Waals surface area contributed by atoms with Gasteiger partial charge in [-0.15, -0.1) is 0 Å². The van der Waals surface area contributed by atoms with Crippen LogP contribution in [0.4, 0.5) is 11.4 Å². The molecule has 0 heterocycles. The fourth-order valence-electron chi connectivity index (χ4n) is 2.14. The van der Waals surface area contributed by atoms with E-state index in [-0.39, 0.29) is 29.6 Å². The number of nitro benzene ring substituents is 1. The molecule has 120 valence electrons. The molecule has 0 aliphatic carbocycles. The molecule has 0 fully saturated rings. The zero-order valence-corrected chi connectivity index (χ0v) is 12.6. The van der Waals surface area contributed by atoms with Crippen molar-refractivity contribution in [2.75, 3.05) is 19.4 Å². The van der Waals surface area contributed by atoms with E-state index >= 15 is 0 Å². The molecular weight excluding hydrogens is 298 g/mol. The first kappa shape index (κ1) is 16.4. The Balaban J connectivity index is 2.07. The SMILES string of the molecule is CO[C@H](CNC(=O)c1ccc(N)c([N+](=O)[O-])c1)c1ccccc1. The number of carbonyl (C=O) groups excluding carboxylic acids is 1. The summed E-state index contributed by atoms with van der Waals surface area (Å²) in [5, 5.41) is 13.6. The van der Waals surface area contributed by atoms with Crippen molar-refractivity contribution in [1.82, 2.24) is 5.32 Å². The lowest BCUT2D eigenvalue weighted by Crippen LogP contribution is -2.29. The summed E-state index contributed by atoms with van der Waals surface area (Å²) >= 11 is 0. The number of rotatable bonds is 6. The second-order valence-corrected chi connectivity index (χ2v) is 4.88. The second kappa shape index (κ2) is 7.37. The van der Waals surface area contributed by atoms with Gasteiger partial charge in [0.25, 0.3) is 11.6 Å². The number of hydrogen-bond donors (Lipinski definition) is 2. The van der Waals surface area contributed by atoms with Crippen LogP contribution in [0.2, 0.25) is 0 Å². The summed E-state index contributed by atoms with van der Waals surface area (Å²) in [5.74, 6) is -0.425. The van der Waals surface area contributed by atoms with Gasteiger partial charge in [0.2, 0.25) is 0 Å². The van der Waals surface area contributed by atoms with Crippen LogP contribution < -0.4 is 11.1 Å². The zero-order valence-electron chi connectivity index (χ0n) is 12.6. The van der Waals surface area contributed by atoms with Crippen molar-refractivity contribution < 1.29 is 14.5 Å². The molecule has 0 unspecified atom stereocenters. The molecule has 2 rings (SSSR count). The van der Waals surface area contributed by atoms with Crippen LogP contribution in [0.15, 0.2) is 48.5 Å². The van der Waals surface area contributed by atoms with Gasteiger partial charge in [0.05, 0.1) is 11.0 Å². The Labute approximate surface area is 133 Å². The van der Waals surface area contributed by atoms with Gasteiger partial charge in [-0.1, -0.05) is 30.3 Å². The molecule has 0 bridgehead atoms. The number of amides is 1. The van der Waals surface area contributed by atoms with Gasteiger partial charge >= 0.3 is 0 Å². The highest BCUT2D eigenvalue weighted by molar-refractivity contribution is 5.95. The zero-order chi connectivity index (χ0) is 16.8. The Hall–Kier alpha value is -2.93. The summed E-state index contributed by atoms with van der Waals surface area (Å²) in [4.78, 5) is 22.4. The standard InChI is InChI=1S/C16H17N3O4/c1-23-15(11-5-3-2-4-6-11)10-18-16(20)12-7-8-13(17)14(9-12)19(21)22/h2-9,15H,10,17H2,1H3,(H,18,20)/t15-/m1/s1. The number of anilines is 1. The molecule has 7 nitrogen and oxygen atoms in total. The first-order valence-corrected chi connectivity index (χ1v) is 6.92. The van der Waals surface area contributed by atoms with E-state index in [1.807, 2.05) is 30.3 Å². The largest absolute Gasteiger partial charge is 0.393 e. The molecule has 2 aromatic rings. The van der Waals surface area contributed by atoms with E-state index in [0.717, 1.165) is 11.6 Å². The van der Waals surface area contributed by atoms with Crippen molar-refractivity contribution >= 4 is 17.3 Å². The average molecular weight is 315 g/mol. The molecule has 1 amide bonds. The number of nitrogens with zero attached hydrogens (tertiary/aromatic N) is 1. The normalized spacial score (nSPS) is 11.7. The average Bonchev–Trinajstić information content (AvgIpc) is 2.56. The van der Waals surface area contributed by atoms with E-state index in [1.165, 1.54) is 12.1 Å². The Morgan fingerprint density at radius 1 is 1.30 bits per heavy atom. The predicted molar refractivity (Wildman–Crippen MR) is 86.0 cm³/mol. The quantitative estimate of drug-likeness (QED) is 0.483. The molecule has 0 saturated carbocycles. The molecule has 0 spiro atoms. The third kappa shape index (κ3) is 4.04. The summed E-state index contributed by atoms with van der Waals surface area (Å²) < 4.78 is 5.36. The fraction of sp³-hybridized carbons (Fsp3) is 0.188. The number of nitrogens with one attached hydrogen (secondary N) is 1. The summed E-state index contributed by atoms with van der Waals surface area (Å²) in [6.45, 7) is 0.248. The third-order valence-electron chi connectivity index (χ3n) is 3.39. The van der Waals surface area contributed by atoms with Gasteiger partial charge < -0.3 is 15.8 Å². The van der Waals surface area contributed by atoms with E-state index in [1.54, 1.807) is 7.11 Å². The molecule has 0 aliphatic heterocycles. The molecule has 23 heavy (non-hydrogen) atoms. The van der Waals surface area contributed by atoms with E-state index in [9.17, 15) is 14.9 Å². The predicted octanol–water partition coefficient (Wildman–Crippen LogP) is 2.29. The van der Waals surface area contributed by atoms with Crippen LogP contribution in [0.1, 0.15) is 22.0 Å². The maximum absolute atomic E-state index is 12.2. The van der Waals surface area contributed by atoms with Gasteiger partial charge in [-0.25, -0.2) is 0 Å². The Kier molecular flexibility index (Phi) is 5.27. The van der Waals surface area contributed by atoms with Crippen molar-refractivity contribution in [3.05, 3.63) is 69.8 Å². The first-order valence-electron chi connectivity index (χ1n) is 6.92. The summed E-state index contributed by atoms with van der Waals surface area (Å²) in [6.07, 6.45) is -0.302. The van der Waals surface area contributed by atoms with Crippen LogP contribution in [-0.4, -0.2) is 24.5 Å². The van der Waals surface area contributed by atoms with E-state index in [2.05, 4.69) is 5.32 Å². The van der Waals surface area contributed by atoms with Crippen molar-refractivity contribution in [3.63, 3.8) is 0 Å². The molecule has 0 aromatic heterocycles. The summed E-state index contributed by atoms with van der Waals surface area (Å²) in [6, 6.07) is 13.4. The summed E-state index contributed by atoms with van der Waals surface area (Å²) in [7, 11) is 1.55. The molecule has 0 radical (unpaired) electrons. The van der Waals surface area contributed by atoms with Crippen molar-refractivity contribution in [2.24, 2.45) is 0 Å². The van der Waals surface area contributed by atoms with Gasteiger partial charge in [0, 0.05) is 25.3 Å². The minimum absolute atomic E-state index is 0.0191. The van der Waals surface area contributed by atoms with Crippen LogP contribution in [0, 0.1) is 10.1 Å². The number of benzene rings is 2. The lowest BCUT2D eigenvalue weighted by Gasteiger charge is -2.16. The molecule has 2 aromatic carbocycles. The van der Waals surface area contributed by atoms with Crippen LogP contribution in [-0.2, 0) is 4.74 Å². The Morgan fingerprint density at radius 3 is 2.61 bits per heavy atom. The van der Waals surface area contributed by atoms with Gasteiger partial charge in [0.15, 0.2) is 0 Å². The molecule has 0 saturated heterocycles. The van der Waals surface area contributed by atoms with Gasteiger partial charge in [0.1, 0.15) is 5.69 Å². The number of ether oxygens (including phenoxy) is 1. The maximum atomic E-state index is 12.2. The number of nitrogens with two attached hydrogens (primary N) is 1. The molecule has 7 heteroatoms. The highest BCUT2D eigenvalue weighted by Gasteiger charge is 2.17. The van der Waals surface area contributed by atoms with Crippen LogP contribution in [0.25, 0.3) is 0 Å². The van der Waals surface area contributed by atoms with Crippen molar-refractivity contribution in [2.45, 2.75) is 6.10 Å². The van der Waals surface area contributed by atoms with Gasteiger partial charge in [-0.3, -0.25) is 14.9 Å². The van der Waals surface area contributed by atoms with Gasteiger partial charge in [-0.05, 0) is 17.7 Å². The lowest BCUT2D eigenvalue weighted by molar-refractivity contribution is -0.383. The van der Waals surface area contributed by atoms with Crippen LogP contribution in [0.5, 0.6) is 0 Å². The molecule has 1 atom stereocenters.